The van der Waals surface area contributed by atoms with E-state index >= 15 is 4.39 Å². The van der Waals surface area contributed by atoms with E-state index in [-0.39, 0.29) is 24.3 Å². The molecule has 0 spiro atoms. The number of hydrogen-bond acceptors (Lipinski definition) is 3. The van der Waals surface area contributed by atoms with Crippen LogP contribution in [-0.4, -0.2) is 45.0 Å². The van der Waals surface area contributed by atoms with Gasteiger partial charge in [-0.15, -0.1) is 0 Å². The summed E-state index contributed by atoms with van der Waals surface area (Å²) >= 11 is 0. The lowest BCUT2D eigenvalue weighted by Crippen LogP contribution is -2.42. The van der Waals surface area contributed by atoms with E-state index in [4.69, 9.17) is 0 Å². The Hall–Kier alpha value is -4.00. The molecule has 4 aromatic rings. The Kier molecular flexibility index (Phi) is 5.13. The molecular formula is C28H24F2N4O. The smallest absolute Gasteiger partial charge is 0.254 e. The quantitative estimate of drug-likeness (QED) is 0.418. The van der Waals surface area contributed by atoms with Gasteiger partial charge < -0.3 is 9.80 Å². The Morgan fingerprint density at radius 3 is 2.60 bits per heavy atom. The van der Waals surface area contributed by atoms with Gasteiger partial charge in [-0.2, -0.15) is 5.10 Å². The number of hydrogen-bond donors (Lipinski definition) is 1. The van der Waals surface area contributed by atoms with Crippen LogP contribution in [-0.2, 0) is 6.54 Å². The zero-order valence-corrected chi connectivity index (χ0v) is 19.2. The Labute approximate surface area is 201 Å². The summed E-state index contributed by atoms with van der Waals surface area (Å²) in [5.74, 6) is -0.981. The maximum atomic E-state index is 15.1. The van der Waals surface area contributed by atoms with Gasteiger partial charge in [0.1, 0.15) is 11.6 Å². The second kappa shape index (κ2) is 8.34. The van der Waals surface area contributed by atoms with E-state index in [1.807, 2.05) is 31.3 Å². The van der Waals surface area contributed by atoms with Crippen LogP contribution in [0.1, 0.15) is 28.8 Å². The van der Waals surface area contributed by atoms with Gasteiger partial charge in [0.05, 0.1) is 17.8 Å². The molecule has 5 nitrogen and oxygen atoms in total. The molecule has 35 heavy (non-hydrogen) atoms. The minimum Gasteiger partial charge on any atom is -0.377 e. The van der Waals surface area contributed by atoms with Gasteiger partial charge in [0.15, 0.2) is 0 Å². The molecule has 1 aromatic heterocycles. The molecule has 2 heterocycles. The van der Waals surface area contributed by atoms with Gasteiger partial charge in [-0.25, -0.2) is 8.78 Å². The number of aromatic nitrogens is 2. The fraction of sp³-hybridized carbons (Fsp3) is 0.214. The van der Waals surface area contributed by atoms with Crippen LogP contribution in [0.25, 0.3) is 22.0 Å². The lowest BCUT2D eigenvalue weighted by atomic mass is 10.00. The van der Waals surface area contributed by atoms with Gasteiger partial charge >= 0.3 is 0 Å². The summed E-state index contributed by atoms with van der Waals surface area (Å²) in [4.78, 5) is 17.5. The number of halogens is 2. The number of rotatable bonds is 5. The van der Waals surface area contributed by atoms with Gasteiger partial charge in [-0.3, -0.25) is 9.89 Å². The molecule has 2 bridgehead atoms. The highest BCUT2D eigenvalue weighted by Crippen LogP contribution is 2.39. The summed E-state index contributed by atoms with van der Waals surface area (Å²) in [7, 11) is 2.04. The van der Waals surface area contributed by atoms with Crippen LogP contribution in [0.4, 0.5) is 8.78 Å². The van der Waals surface area contributed by atoms with Crippen molar-refractivity contribution >= 4 is 16.8 Å². The lowest BCUT2D eigenvalue weighted by molar-refractivity contribution is 0.0675. The highest BCUT2D eigenvalue weighted by molar-refractivity contribution is 5.94. The normalized spacial score (nSPS) is 18.8. The number of carbonyl (C=O) groups excluding carboxylic acids is 1. The Morgan fingerprint density at radius 2 is 1.86 bits per heavy atom. The van der Waals surface area contributed by atoms with Gasteiger partial charge in [-0.1, -0.05) is 12.1 Å². The second-order valence-corrected chi connectivity index (χ2v) is 9.40. The van der Waals surface area contributed by atoms with Crippen molar-refractivity contribution in [2.75, 3.05) is 7.05 Å². The summed E-state index contributed by atoms with van der Waals surface area (Å²) in [6.45, 7) is 0.127. The first-order valence-electron chi connectivity index (χ1n) is 11.7. The van der Waals surface area contributed by atoms with E-state index in [1.54, 1.807) is 17.2 Å². The van der Waals surface area contributed by atoms with Crippen molar-refractivity contribution in [1.82, 2.24) is 20.0 Å². The van der Waals surface area contributed by atoms with Crippen LogP contribution in [0.5, 0.6) is 0 Å². The van der Waals surface area contributed by atoms with Crippen molar-refractivity contribution in [2.24, 2.45) is 0 Å². The lowest BCUT2D eigenvalue weighted by Gasteiger charge is -2.34. The van der Waals surface area contributed by atoms with Crippen LogP contribution in [0.15, 0.2) is 78.6 Å². The number of fused-ring (bicyclic) bond motifs is 3. The Bertz CT molecular complexity index is 1460. The molecule has 3 aromatic carbocycles. The van der Waals surface area contributed by atoms with Crippen molar-refractivity contribution < 1.29 is 13.6 Å². The van der Waals surface area contributed by atoms with Gasteiger partial charge in [0.25, 0.3) is 5.91 Å². The molecule has 2 aliphatic rings. The standard InChI is InChI=1S/C28H24F2N4O/c1-33-15-22-12-24(33)13-27(22)34(28(35)17-2-6-23(29)7-3-17)16-21-11-18(4-8-25(21)30)19-5-9-26-20(10-19)14-31-32-26/h2-11,14-15,24,27H,12-13,16H2,1H3,(H,31,32)/t24?,27-/m1/s1. The number of nitrogens with one attached hydrogen (secondary N) is 1. The molecule has 1 aliphatic heterocycles. The molecule has 1 amide bonds. The van der Waals surface area contributed by atoms with E-state index < -0.39 is 5.82 Å². The molecule has 0 saturated heterocycles. The number of nitrogens with zero attached hydrogens (tertiary/aromatic N) is 3. The molecule has 1 fully saturated rings. The van der Waals surface area contributed by atoms with E-state index in [9.17, 15) is 9.18 Å². The largest absolute Gasteiger partial charge is 0.377 e. The molecule has 0 radical (unpaired) electrons. The van der Waals surface area contributed by atoms with Crippen LogP contribution in [0.3, 0.4) is 0 Å². The van der Waals surface area contributed by atoms with E-state index in [0.29, 0.717) is 17.2 Å². The number of benzene rings is 3. The summed E-state index contributed by atoms with van der Waals surface area (Å²) in [5, 5.41) is 7.98. The predicted octanol–water partition coefficient (Wildman–Crippen LogP) is 5.51. The molecule has 1 aliphatic carbocycles. The van der Waals surface area contributed by atoms with E-state index in [1.165, 1.54) is 35.9 Å². The average molecular weight is 471 g/mol. The van der Waals surface area contributed by atoms with Crippen molar-refractivity contribution in [1.29, 1.82) is 0 Å². The predicted molar refractivity (Wildman–Crippen MR) is 130 cm³/mol. The minimum atomic E-state index is -0.398. The SMILES string of the molecule is CN1C=C2CC1C[C@H]2N(Cc1cc(-c2ccc3[nH]ncc3c2)ccc1F)C(=O)c1ccc(F)cc1. The number of carbonyl (C=O) groups is 1. The molecule has 1 N–H and O–H groups in total. The highest BCUT2D eigenvalue weighted by atomic mass is 19.1. The van der Waals surface area contributed by atoms with E-state index in [2.05, 4.69) is 21.3 Å². The molecule has 6 rings (SSSR count). The number of amides is 1. The summed E-state index contributed by atoms with van der Waals surface area (Å²) in [5.41, 5.74) is 4.76. The van der Waals surface area contributed by atoms with Crippen molar-refractivity contribution in [2.45, 2.75) is 31.5 Å². The third-order valence-corrected chi connectivity index (χ3v) is 7.23. The van der Waals surface area contributed by atoms with Gasteiger partial charge in [-0.05, 0) is 78.1 Å². The van der Waals surface area contributed by atoms with Gasteiger partial charge in [0, 0.05) is 42.3 Å². The molecular weight excluding hydrogens is 446 g/mol. The summed E-state index contributed by atoms with van der Waals surface area (Å²) in [6.07, 6.45) is 5.55. The first kappa shape index (κ1) is 21.5. The molecule has 1 saturated carbocycles. The van der Waals surface area contributed by atoms with Crippen LogP contribution in [0, 0.1) is 11.6 Å². The number of H-pyrrole nitrogens is 1. The van der Waals surface area contributed by atoms with Crippen LogP contribution in [0.2, 0.25) is 0 Å². The first-order chi connectivity index (χ1) is 17.0. The van der Waals surface area contributed by atoms with Crippen molar-refractivity contribution in [3.63, 3.8) is 0 Å². The highest BCUT2D eigenvalue weighted by Gasteiger charge is 2.41. The fourth-order valence-corrected chi connectivity index (χ4v) is 5.31. The molecule has 176 valence electrons. The zero-order chi connectivity index (χ0) is 24.1. The van der Waals surface area contributed by atoms with Crippen LogP contribution < -0.4 is 0 Å². The Morgan fingerprint density at radius 1 is 1.09 bits per heavy atom. The maximum absolute atomic E-state index is 15.1. The molecule has 1 unspecified atom stereocenters. The molecule has 2 atom stereocenters. The fourth-order valence-electron chi connectivity index (χ4n) is 5.31. The van der Waals surface area contributed by atoms with E-state index in [0.717, 1.165) is 34.9 Å². The van der Waals surface area contributed by atoms with Crippen molar-refractivity contribution in [3.8, 4) is 11.1 Å². The third kappa shape index (κ3) is 3.87. The number of aromatic amines is 1. The van der Waals surface area contributed by atoms with Crippen molar-refractivity contribution in [3.05, 3.63) is 101 Å². The summed E-state index contributed by atoms with van der Waals surface area (Å²) < 4.78 is 28.6. The monoisotopic (exact) mass is 470 g/mol. The average Bonchev–Trinajstić information content (AvgIpc) is 3.58. The topological polar surface area (TPSA) is 52.2 Å². The maximum Gasteiger partial charge on any atom is 0.254 e. The Balaban J connectivity index is 1.37. The van der Waals surface area contributed by atoms with Crippen LogP contribution >= 0.6 is 0 Å². The second-order valence-electron chi connectivity index (χ2n) is 9.40. The van der Waals surface area contributed by atoms with Gasteiger partial charge in [0.2, 0.25) is 0 Å². The third-order valence-electron chi connectivity index (χ3n) is 7.23. The first-order valence-corrected chi connectivity index (χ1v) is 11.7. The minimum absolute atomic E-state index is 0.112. The molecule has 7 heteroatoms. The summed E-state index contributed by atoms with van der Waals surface area (Å²) in [6, 6.07) is 16.7. The zero-order valence-electron chi connectivity index (χ0n) is 19.2.